The van der Waals surface area contributed by atoms with E-state index in [1.807, 2.05) is 0 Å². The molecule has 0 unspecified atom stereocenters. The summed E-state index contributed by atoms with van der Waals surface area (Å²) in [5, 5.41) is 0. The maximum absolute atomic E-state index is 8.06. The van der Waals surface area contributed by atoms with Crippen molar-refractivity contribution >= 4 is 54.4 Å². The Morgan fingerprint density at radius 2 is 0.667 bits per heavy atom. The zero-order valence-electron chi connectivity index (χ0n) is 4.60. The Bertz CT molecular complexity index is 14.9. The van der Waals surface area contributed by atoms with Gasteiger partial charge in [0.25, 0.3) is 0 Å². The minimum atomic E-state index is 0. The van der Waals surface area contributed by atoms with Crippen LogP contribution < -0.4 is 0 Å². The van der Waals surface area contributed by atoms with E-state index in [0.717, 1.165) is 0 Å². The average molecular weight is 239 g/mol. The van der Waals surface area contributed by atoms with Crippen LogP contribution >= 0.6 is 24.8 Å². The van der Waals surface area contributed by atoms with Crippen LogP contribution in [0.1, 0.15) is 0 Å². The second-order valence-corrected chi connectivity index (χ2v) is 0. The third-order valence-electron chi connectivity index (χ3n) is 0. The van der Waals surface area contributed by atoms with Crippen LogP contribution in [0, 0.1) is 0 Å². The van der Waals surface area contributed by atoms with Crippen LogP contribution in [0.25, 0.3) is 0 Å². The first-order valence-electron chi connectivity index (χ1n) is 0.154. The van der Waals surface area contributed by atoms with Crippen LogP contribution in [0.3, 0.4) is 0 Å². The molecule has 0 heterocycles. The molecule has 1 radical (unpaired) electrons. The summed E-state index contributed by atoms with van der Waals surface area (Å²) in [6, 6.07) is 0. The topological polar surface area (TPSA) is 143 Å². The predicted octanol–water partition coefficient (Wildman–Crippen LogP) is -2.96. The third kappa shape index (κ3) is 193. The van der Waals surface area contributed by atoms with Crippen molar-refractivity contribution in [2.24, 2.45) is 0 Å². The van der Waals surface area contributed by atoms with E-state index in [4.69, 9.17) is 3.83 Å². The number of hydrogen-bond acceptors (Lipinski definition) is 1. The van der Waals surface area contributed by atoms with Crippen molar-refractivity contribution in [1.29, 1.82) is 0 Å². The van der Waals surface area contributed by atoms with Gasteiger partial charge in [-0.15, -0.1) is 24.8 Å². The molecule has 0 aromatic carbocycles. The van der Waals surface area contributed by atoms with Gasteiger partial charge in [0.2, 0.25) is 0 Å². The van der Waals surface area contributed by atoms with Gasteiger partial charge in [-0.2, -0.15) is 0 Å². The second kappa shape index (κ2) is 246. The first-order valence-corrected chi connectivity index (χ1v) is 0.636. The Labute approximate surface area is 95.3 Å². The van der Waals surface area contributed by atoms with E-state index in [0.29, 0.717) is 0 Å². The zero-order valence-corrected chi connectivity index (χ0v) is 9.42. The molecule has 0 aromatic rings. The summed E-state index contributed by atoms with van der Waals surface area (Å²) in [7, 11) is 0. The summed E-state index contributed by atoms with van der Waals surface area (Å²) in [4.78, 5) is 0. The van der Waals surface area contributed by atoms with Crippen LogP contribution in [0.15, 0.2) is 0 Å². The van der Waals surface area contributed by atoms with Gasteiger partial charge >= 0.3 is 19.8 Å². The summed E-state index contributed by atoms with van der Waals surface area (Å²) in [5.41, 5.74) is 0. The molecule has 62 valence electrons. The van der Waals surface area contributed by atoms with Gasteiger partial charge in [0.15, 0.2) is 0 Å². The summed E-state index contributed by atoms with van der Waals surface area (Å²) >= 11 is 1.69. The molecule has 9 heavy (non-hydrogen) atoms. The number of halogens is 2. The quantitative estimate of drug-likeness (QED) is 0.409. The van der Waals surface area contributed by atoms with Gasteiger partial charge in [0.1, 0.15) is 0 Å². The molecular weight excluding hydrogens is 229 g/mol. The van der Waals surface area contributed by atoms with E-state index in [-0.39, 0.29) is 76.3 Å². The maximum atomic E-state index is 8.06. The average Bonchev–Trinajstić information content (AvgIpc) is 1.00. The molecule has 0 amide bonds. The third-order valence-corrected chi connectivity index (χ3v) is 0. The Kier molecular flexibility index (Phi) is 3710. The van der Waals surface area contributed by atoms with Gasteiger partial charge in [-0.25, -0.2) is 0 Å². The number of rotatable bonds is 0. The van der Waals surface area contributed by atoms with Crippen LogP contribution in [0.5, 0.6) is 0 Å². The van der Waals surface area contributed by atoms with Crippen molar-refractivity contribution in [3.8, 4) is 0 Å². The zero-order chi connectivity index (χ0) is 2.00. The molecule has 8 N–H and O–H groups in total. The van der Waals surface area contributed by atoms with E-state index in [1.54, 1.807) is 15.9 Å². The monoisotopic (exact) mass is 238 g/mol. The predicted molar refractivity (Wildman–Crippen MR) is 35.4 cm³/mol. The van der Waals surface area contributed by atoms with Crippen molar-refractivity contribution < 1.29 is 41.7 Å². The van der Waals surface area contributed by atoms with E-state index >= 15 is 0 Å². The van der Waals surface area contributed by atoms with Gasteiger partial charge in [-0.1, -0.05) is 0 Å². The first kappa shape index (κ1) is 136. The molecule has 0 aliphatic heterocycles. The van der Waals surface area contributed by atoms with E-state index in [1.165, 1.54) is 0 Å². The second-order valence-electron chi connectivity index (χ2n) is 0. The van der Waals surface area contributed by atoms with Crippen molar-refractivity contribution in [1.82, 2.24) is 0 Å². The van der Waals surface area contributed by atoms with Crippen LogP contribution in [0.4, 0.5) is 0 Å². The van der Waals surface area contributed by atoms with Crippen molar-refractivity contribution in [2.75, 3.05) is 0 Å². The molecule has 9 heteroatoms. The Balaban J connectivity index is -0.000000000238. The molecule has 0 fully saturated rings. The van der Waals surface area contributed by atoms with Crippen molar-refractivity contribution in [3.63, 3.8) is 0 Å². The summed E-state index contributed by atoms with van der Waals surface area (Å²) < 4.78 is 8.06. The molecule has 0 aliphatic carbocycles. The van der Waals surface area contributed by atoms with Crippen molar-refractivity contribution in [3.05, 3.63) is 0 Å². The molecule has 0 aromatic heterocycles. The van der Waals surface area contributed by atoms with E-state index in [2.05, 4.69) is 0 Å². The van der Waals surface area contributed by atoms with Crippen LogP contribution in [0.2, 0.25) is 0 Å². The van der Waals surface area contributed by atoms with Crippen LogP contribution in [-0.2, 0) is 19.8 Å². The molecule has 0 saturated carbocycles. The van der Waals surface area contributed by atoms with Gasteiger partial charge in [0.05, 0.1) is 0 Å². The fourth-order valence-electron chi connectivity index (χ4n) is 0. The Morgan fingerprint density at radius 3 is 0.667 bits per heavy atom. The van der Waals surface area contributed by atoms with Gasteiger partial charge in [-0.05, 0) is 0 Å². The molecule has 0 aliphatic rings. The molecule has 0 bridgehead atoms. The molecule has 0 spiro atoms. The van der Waals surface area contributed by atoms with E-state index in [9.17, 15) is 0 Å². The summed E-state index contributed by atoms with van der Waals surface area (Å²) in [5.74, 6) is 0. The molecule has 5 nitrogen and oxygen atoms in total. The fourth-order valence-corrected chi connectivity index (χ4v) is 0. The van der Waals surface area contributed by atoms with Gasteiger partial charge < -0.3 is 21.9 Å². The van der Waals surface area contributed by atoms with Crippen LogP contribution in [-0.4, -0.2) is 51.5 Å². The van der Waals surface area contributed by atoms with E-state index < -0.39 is 0 Å². The normalized spacial score (nSPS) is 0.444. The minimum absolute atomic E-state index is 0. The molecular formula is H10Cl2MnNaO5. The standard InChI is InChI=1S/2ClH.Mn.Na.4H2O.O/h2*1H;;;4*1H2;. The Morgan fingerprint density at radius 1 is 0.667 bits per heavy atom. The molecule has 0 atom stereocenters. The SMILES string of the molecule is Cl.Cl.O.O.O.O.[Na].[O]=[Mn]. The summed E-state index contributed by atoms with van der Waals surface area (Å²) in [6.07, 6.45) is 0. The molecule has 0 saturated heterocycles. The van der Waals surface area contributed by atoms with Gasteiger partial charge in [-0.3, -0.25) is 0 Å². The fraction of sp³-hybridized carbons (Fsp3) is 0. The first-order chi connectivity index (χ1) is 1.00. The van der Waals surface area contributed by atoms with Gasteiger partial charge in [0, 0.05) is 29.6 Å². The summed E-state index contributed by atoms with van der Waals surface area (Å²) in [6.45, 7) is 0. The number of hydrogen-bond donors (Lipinski definition) is 0. The Hall–Kier alpha value is 1.74. The van der Waals surface area contributed by atoms with Crippen molar-refractivity contribution in [2.45, 2.75) is 0 Å². The molecule has 0 rings (SSSR count).